The molecular weight excluding hydrogens is 693 g/mol. The highest BCUT2D eigenvalue weighted by Crippen LogP contribution is 2.50. The molecule has 288 valence electrons. The first-order valence-electron chi connectivity index (χ1n) is 18.6. The molecule has 2 saturated carbocycles. The number of carbonyl (C=O) groups excluding carboxylic acids is 1. The van der Waals surface area contributed by atoms with Crippen molar-refractivity contribution in [2.24, 2.45) is 5.41 Å². The molecule has 16 heteroatoms. The molecule has 0 unspecified atom stereocenters. The van der Waals surface area contributed by atoms with Crippen molar-refractivity contribution in [3.8, 4) is 0 Å². The summed E-state index contributed by atoms with van der Waals surface area (Å²) in [6.45, 7) is 6.33. The van der Waals surface area contributed by atoms with Gasteiger partial charge in [0.25, 0.3) is 5.91 Å². The lowest BCUT2D eigenvalue weighted by molar-refractivity contribution is -0.192. The van der Waals surface area contributed by atoms with Crippen molar-refractivity contribution < 1.29 is 37.3 Å². The number of nitrogens with one attached hydrogen (secondary N) is 3. The molecule has 1 spiro atoms. The molecule has 0 bridgehead atoms. The predicted molar refractivity (Wildman–Crippen MR) is 192 cm³/mol. The molecule has 3 aromatic rings. The first-order chi connectivity index (χ1) is 25.5. The number of carbonyl (C=O) groups is 2. The van der Waals surface area contributed by atoms with Gasteiger partial charge in [0, 0.05) is 52.1 Å². The van der Waals surface area contributed by atoms with Crippen LogP contribution in [0, 0.1) is 5.41 Å². The second kappa shape index (κ2) is 15.4. The Kier molecular flexibility index (Phi) is 10.8. The smallest absolute Gasteiger partial charge is 0.475 e. The zero-order valence-electron chi connectivity index (χ0n) is 30.3. The normalized spacial score (nSPS) is 23.2. The lowest BCUT2D eigenvalue weighted by Gasteiger charge is -2.51. The lowest BCUT2D eigenvalue weighted by Crippen LogP contribution is -2.51. The number of fused-ring (bicyclic) bond motifs is 2. The summed E-state index contributed by atoms with van der Waals surface area (Å²) in [6.07, 6.45) is 7.75. The van der Waals surface area contributed by atoms with Crippen LogP contribution in [0.3, 0.4) is 0 Å². The Morgan fingerprint density at radius 2 is 1.81 bits per heavy atom. The number of imidazole rings is 1. The van der Waals surface area contributed by atoms with Gasteiger partial charge in [-0.15, -0.1) is 5.10 Å². The fourth-order valence-electron chi connectivity index (χ4n) is 8.56. The number of carboxylic acids is 1. The van der Waals surface area contributed by atoms with Crippen LogP contribution < -0.4 is 20.9 Å². The molecular formula is C37H49F3N8O5. The molecule has 8 rings (SSSR count). The molecule has 2 saturated heterocycles. The maximum atomic E-state index is 13.3. The van der Waals surface area contributed by atoms with Crippen LogP contribution in [0.4, 0.5) is 30.4 Å². The van der Waals surface area contributed by atoms with Crippen molar-refractivity contribution in [2.75, 3.05) is 57.1 Å². The van der Waals surface area contributed by atoms with Crippen LogP contribution in [0.15, 0.2) is 30.5 Å². The third-order valence-corrected chi connectivity index (χ3v) is 11.7. The number of amides is 1. The van der Waals surface area contributed by atoms with Crippen LogP contribution in [0.5, 0.6) is 0 Å². The highest BCUT2D eigenvalue weighted by Gasteiger charge is 2.46. The number of piperidine rings is 2. The number of carboxylic acid groups (broad SMARTS) is 1. The number of ether oxygens (including phenoxy) is 2. The Labute approximate surface area is 306 Å². The van der Waals surface area contributed by atoms with Gasteiger partial charge < -0.3 is 35.4 Å². The van der Waals surface area contributed by atoms with Gasteiger partial charge in [-0.2, -0.15) is 13.2 Å². The average molecular weight is 743 g/mol. The van der Waals surface area contributed by atoms with Gasteiger partial charge in [0.1, 0.15) is 0 Å². The standard InChI is InChI=1S/C35H48N8O3.C2HF3O2/c1-36-28-18-32(40-43-30(21-38-33(28)43)34(44)39-27-6-7-31(27)45-2)42-17-10-26-23(4-3-5-29(26)42)22-41-15-8-24(9-16-41)46-25-19-35(20-25)11-13-37-14-12-35;3-2(4,5)1(6)7/h3-5,18,21,24-25,27,31,36-37H,6-17,19-20,22H2,1-2H3,(H,39,44);(H,6,7)/t27-,31-;/m1./s1. The van der Waals surface area contributed by atoms with Gasteiger partial charge in [-0.1, -0.05) is 12.1 Å². The molecule has 1 amide bonds. The summed E-state index contributed by atoms with van der Waals surface area (Å²) in [5, 5.41) is 22.0. The number of benzene rings is 1. The molecule has 5 aliphatic rings. The summed E-state index contributed by atoms with van der Waals surface area (Å²) in [7, 11) is 3.58. The minimum absolute atomic E-state index is 0.0201. The van der Waals surface area contributed by atoms with Crippen molar-refractivity contribution in [2.45, 2.75) is 94.9 Å². The summed E-state index contributed by atoms with van der Waals surface area (Å²) in [5.74, 6) is -2.13. The molecule has 4 fully saturated rings. The number of hydrogen-bond acceptors (Lipinski definition) is 10. The number of halogens is 3. The van der Waals surface area contributed by atoms with E-state index in [4.69, 9.17) is 24.5 Å². The molecule has 2 aliphatic carbocycles. The van der Waals surface area contributed by atoms with Crippen molar-refractivity contribution in [1.82, 2.24) is 30.1 Å². The zero-order valence-corrected chi connectivity index (χ0v) is 30.3. The lowest BCUT2D eigenvalue weighted by atomic mass is 9.61. The van der Waals surface area contributed by atoms with Crippen molar-refractivity contribution in [3.05, 3.63) is 47.3 Å². The van der Waals surface area contributed by atoms with Gasteiger partial charge in [0.2, 0.25) is 0 Å². The van der Waals surface area contributed by atoms with Gasteiger partial charge in [-0.3, -0.25) is 9.69 Å². The van der Waals surface area contributed by atoms with Crippen molar-refractivity contribution in [3.63, 3.8) is 0 Å². The van der Waals surface area contributed by atoms with Gasteiger partial charge in [0.05, 0.1) is 36.2 Å². The zero-order chi connectivity index (χ0) is 37.3. The Hall–Kier alpha value is -3.99. The molecule has 2 atom stereocenters. The number of rotatable bonds is 9. The van der Waals surface area contributed by atoms with Crippen molar-refractivity contribution in [1.29, 1.82) is 0 Å². The van der Waals surface area contributed by atoms with E-state index < -0.39 is 12.1 Å². The quantitative estimate of drug-likeness (QED) is 0.246. The number of methoxy groups -OCH3 is 1. The fourth-order valence-corrected chi connectivity index (χ4v) is 8.56. The average Bonchev–Trinajstić information content (AvgIpc) is 3.76. The maximum Gasteiger partial charge on any atom is 0.490 e. The summed E-state index contributed by atoms with van der Waals surface area (Å²) in [5.41, 5.74) is 6.48. The maximum absolute atomic E-state index is 13.3. The van der Waals surface area contributed by atoms with Crippen LogP contribution in [0.1, 0.15) is 73.0 Å². The van der Waals surface area contributed by atoms with E-state index in [-0.39, 0.29) is 18.1 Å². The number of aromatic nitrogens is 3. The summed E-state index contributed by atoms with van der Waals surface area (Å²) < 4.78 is 45.5. The third kappa shape index (κ3) is 7.96. The highest BCUT2D eigenvalue weighted by atomic mass is 19.4. The first-order valence-corrected chi connectivity index (χ1v) is 18.6. The van der Waals surface area contributed by atoms with E-state index in [0.717, 1.165) is 69.8 Å². The number of nitrogens with zero attached hydrogens (tertiary/aromatic N) is 5. The molecule has 4 N–H and O–H groups in total. The van der Waals surface area contributed by atoms with E-state index >= 15 is 0 Å². The van der Waals surface area contributed by atoms with E-state index in [2.05, 4.69) is 48.9 Å². The van der Waals surface area contributed by atoms with Gasteiger partial charge in [-0.25, -0.2) is 14.3 Å². The van der Waals surface area contributed by atoms with Crippen LogP contribution in [-0.4, -0.2) is 114 Å². The largest absolute Gasteiger partial charge is 0.490 e. The summed E-state index contributed by atoms with van der Waals surface area (Å²) in [4.78, 5) is 31.6. The summed E-state index contributed by atoms with van der Waals surface area (Å²) >= 11 is 0. The second-order valence-corrected chi connectivity index (χ2v) is 15.0. The number of anilines is 3. The molecule has 3 aliphatic heterocycles. The van der Waals surface area contributed by atoms with E-state index in [1.165, 1.54) is 55.6 Å². The van der Waals surface area contributed by atoms with Crippen LogP contribution in [0.25, 0.3) is 5.65 Å². The van der Waals surface area contributed by atoms with Gasteiger partial charge in [-0.05, 0) is 93.5 Å². The molecule has 2 aromatic heterocycles. The Morgan fingerprint density at radius 3 is 2.45 bits per heavy atom. The predicted octanol–water partition coefficient (Wildman–Crippen LogP) is 4.52. The molecule has 53 heavy (non-hydrogen) atoms. The van der Waals surface area contributed by atoms with Crippen LogP contribution in [0.2, 0.25) is 0 Å². The number of hydrogen-bond donors (Lipinski definition) is 4. The fraction of sp³-hybridized carbons (Fsp3) is 0.622. The SMILES string of the molecule is CNc1cc(N2CCc3c(CN4CCC(OC5CC6(CCNCC6)C5)CC4)cccc32)nn2c(C(=O)N[C@@H]3CC[C@H]3OC)cnc12.O=C(O)C(F)(F)F. The third-order valence-electron chi connectivity index (χ3n) is 11.7. The van der Waals surface area contributed by atoms with Crippen molar-refractivity contribution >= 4 is 34.7 Å². The van der Waals surface area contributed by atoms with Gasteiger partial charge >= 0.3 is 12.1 Å². The Morgan fingerprint density at radius 1 is 1.08 bits per heavy atom. The molecule has 13 nitrogen and oxygen atoms in total. The number of alkyl halides is 3. The minimum atomic E-state index is -5.08. The van der Waals surface area contributed by atoms with Gasteiger partial charge in [0.15, 0.2) is 17.2 Å². The molecule has 5 heterocycles. The first kappa shape index (κ1) is 37.3. The Bertz CT molecular complexity index is 1780. The molecule has 1 aromatic carbocycles. The molecule has 0 radical (unpaired) electrons. The van der Waals surface area contributed by atoms with E-state index in [0.29, 0.717) is 29.0 Å². The number of aliphatic carboxylic acids is 1. The van der Waals surface area contributed by atoms with E-state index in [1.54, 1.807) is 17.8 Å². The minimum Gasteiger partial charge on any atom is -0.475 e. The highest BCUT2D eigenvalue weighted by molar-refractivity contribution is 5.94. The topological polar surface area (TPSA) is 146 Å². The van der Waals surface area contributed by atoms with E-state index in [1.807, 2.05) is 13.1 Å². The van der Waals surface area contributed by atoms with E-state index in [9.17, 15) is 18.0 Å². The second-order valence-electron chi connectivity index (χ2n) is 15.0. The Balaban J connectivity index is 0.000000568. The van der Waals surface area contributed by atoms with Crippen LogP contribution in [-0.2, 0) is 27.2 Å². The number of likely N-dealkylation sites (tertiary alicyclic amines) is 1. The van der Waals surface area contributed by atoms with Crippen LogP contribution >= 0.6 is 0 Å². The monoisotopic (exact) mass is 742 g/mol. The summed E-state index contributed by atoms with van der Waals surface area (Å²) in [6, 6.07) is 8.73.